The second kappa shape index (κ2) is 5.30. The summed E-state index contributed by atoms with van der Waals surface area (Å²) in [6, 6.07) is 1.66. The average molecular weight is 264 g/mol. The molecule has 2 aliphatic rings. The van der Waals surface area contributed by atoms with Crippen LogP contribution in [0.3, 0.4) is 0 Å². The smallest absolute Gasteiger partial charge is 0.268 e. The Morgan fingerprint density at radius 1 is 1.58 bits per heavy atom. The Morgan fingerprint density at radius 2 is 2.47 bits per heavy atom. The molecule has 1 atom stereocenters. The van der Waals surface area contributed by atoms with Gasteiger partial charge in [-0.15, -0.1) is 0 Å². The lowest BCUT2D eigenvalue weighted by Gasteiger charge is -2.30. The summed E-state index contributed by atoms with van der Waals surface area (Å²) in [6.45, 7) is 3.99. The van der Waals surface area contributed by atoms with Crippen molar-refractivity contribution in [3.63, 3.8) is 0 Å². The van der Waals surface area contributed by atoms with Gasteiger partial charge in [0.2, 0.25) is 0 Å². The van der Waals surface area contributed by atoms with Gasteiger partial charge in [-0.25, -0.2) is 4.68 Å². The van der Waals surface area contributed by atoms with Crippen molar-refractivity contribution in [2.24, 2.45) is 0 Å². The van der Waals surface area contributed by atoms with Crippen LogP contribution in [0, 0.1) is 0 Å². The molecular weight excluding hydrogens is 244 g/mol. The first kappa shape index (κ1) is 12.6. The molecular formula is C13H20N4O2. The van der Waals surface area contributed by atoms with E-state index in [-0.39, 0.29) is 11.7 Å². The molecule has 0 amide bonds. The van der Waals surface area contributed by atoms with Crippen molar-refractivity contribution >= 4 is 5.69 Å². The van der Waals surface area contributed by atoms with Crippen molar-refractivity contribution < 1.29 is 4.74 Å². The predicted octanol–water partition coefficient (Wildman–Crippen LogP) is -0.0680. The van der Waals surface area contributed by atoms with Crippen LogP contribution in [0.15, 0.2) is 10.9 Å². The lowest BCUT2D eigenvalue weighted by molar-refractivity contribution is -0.0297. The number of aryl methyl sites for hydroxylation is 1. The van der Waals surface area contributed by atoms with E-state index >= 15 is 0 Å². The van der Waals surface area contributed by atoms with Gasteiger partial charge in [-0.1, -0.05) is 0 Å². The molecule has 6 nitrogen and oxygen atoms in total. The van der Waals surface area contributed by atoms with Crippen LogP contribution in [0.2, 0.25) is 0 Å². The average Bonchev–Trinajstić information content (AvgIpc) is 2.40. The minimum Gasteiger partial charge on any atom is -0.383 e. The van der Waals surface area contributed by atoms with Gasteiger partial charge < -0.3 is 15.0 Å². The van der Waals surface area contributed by atoms with Gasteiger partial charge in [0.1, 0.15) is 0 Å². The number of aromatic nitrogens is 2. The quantitative estimate of drug-likeness (QED) is 0.810. The van der Waals surface area contributed by atoms with E-state index in [9.17, 15) is 4.79 Å². The highest BCUT2D eigenvalue weighted by Crippen LogP contribution is 2.16. The second-order valence-electron chi connectivity index (χ2n) is 5.31. The molecule has 2 aliphatic heterocycles. The van der Waals surface area contributed by atoms with Crippen LogP contribution in [-0.2, 0) is 17.7 Å². The Bertz CT molecular complexity index is 514. The molecule has 0 radical (unpaired) electrons. The van der Waals surface area contributed by atoms with Crippen LogP contribution in [0.25, 0.3) is 0 Å². The number of nitrogens with zero attached hydrogens (tertiary/aromatic N) is 3. The van der Waals surface area contributed by atoms with E-state index in [1.807, 2.05) is 0 Å². The second-order valence-corrected chi connectivity index (χ2v) is 5.31. The molecule has 1 unspecified atom stereocenters. The Labute approximate surface area is 112 Å². The molecule has 3 rings (SSSR count). The maximum absolute atomic E-state index is 12.0. The summed E-state index contributed by atoms with van der Waals surface area (Å²) in [4.78, 5) is 14.3. The van der Waals surface area contributed by atoms with Gasteiger partial charge in [-0.2, -0.15) is 5.10 Å². The zero-order chi connectivity index (χ0) is 13.2. The largest absolute Gasteiger partial charge is 0.383 e. The first-order chi connectivity index (χ1) is 9.22. The van der Waals surface area contributed by atoms with Gasteiger partial charge in [-0.3, -0.25) is 4.79 Å². The molecule has 0 bridgehead atoms. The first-order valence-electron chi connectivity index (χ1n) is 6.87. The number of hydrogen-bond acceptors (Lipinski definition) is 5. The summed E-state index contributed by atoms with van der Waals surface area (Å²) >= 11 is 0. The lowest BCUT2D eigenvalue weighted by Crippen LogP contribution is -2.44. The van der Waals surface area contributed by atoms with E-state index in [4.69, 9.17) is 4.74 Å². The zero-order valence-corrected chi connectivity index (χ0v) is 11.3. The van der Waals surface area contributed by atoms with E-state index < -0.39 is 0 Å². The van der Waals surface area contributed by atoms with Gasteiger partial charge in [-0.05, 0) is 19.9 Å². The Kier molecular flexibility index (Phi) is 3.52. The molecule has 0 aliphatic carbocycles. The molecule has 1 aromatic heterocycles. The fourth-order valence-corrected chi connectivity index (χ4v) is 2.65. The van der Waals surface area contributed by atoms with Gasteiger partial charge in [0.25, 0.3) is 5.56 Å². The number of anilines is 1. The fourth-order valence-electron chi connectivity index (χ4n) is 2.65. The summed E-state index contributed by atoms with van der Waals surface area (Å²) in [7, 11) is 2.07. The minimum atomic E-state index is -0.0509. The van der Waals surface area contributed by atoms with E-state index in [2.05, 4.69) is 22.4 Å². The number of morpholine rings is 1. The molecule has 104 valence electrons. The molecule has 6 heteroatoms. The third-order valence-electron chi connectivity index (χ3n) is 3.70. The maximum atomic E-state index is 12.0. The molecule has 1 N–H and O–H groups in total. The zero-order valence-electron chi connectivity index (χ0n) is 11.3. The molecule has 0 spiro atoms. The molecule has 0 aromatic carbocycles. The summed E-state index contributed by atoms with van der Waals surface area (Å²) < 4.78 is 7.25. The Morgan fingerprint density at radius 3 is 3.32 bits per heavy atom. The Hall–Kier alpha value is -1.40. The van der Waals surface area contributed by atoms with Gasteiger partial charge in [0, 0.05) is 25.7 Å². The van der Waals surface area contributed by atoms with Crippen molar-refractivity contribution in [2.75, 3.05) is 38.6 Å². The number of hydrogen-bond donors (Lipinski definition) is 1. The van der Waals surface area contributed by atoms with Crippen LogP contribution in [0.5, 0.6) is 0 Å². The van der Waals surface area contributed by atoms with Crippen molar-refractivity contribution in [2.45, 2.75) is 25.5 Å². The summed E-state index contributed by atoms with van der Waals surface area (Å²) in [6.07, 6.45) is 2.06. The van der Waals surface area contributed by atoms with Crippen LogP contribution >= 0.6 is 0 Å². The number of ether oxygens (including phenoxy) is 1. The molecule has 19 heavy (non-hydrogen) atoms. The lowest BCUT2D eigenvalue weighted by atomic mass is 10.1. The topological polar surface area (TPSA) is 59.4 Å². The van der Waals surface area contributed by atoms with Crippen molar-refractivity contribution in [1.82, 2.24) is 14.7 Å². The Balaban J connectivity index is 1.78. The maximum Gasteiger partial charge on any atom is 0.268 e. The van der Waals surface area contributed by atoms with Gasteiger partial charge in [0.15, 0.2) is 0 Å². The SMILES string of the molecule is CN1CCOC(Cn2nc3c(cc2=O)NCCC3)C1. The highest BCUT2D eigenvalue weighted by atomic mass is 16.5. The normalized spacial score (nSPS) is 23.7. The number of likely N-dealkylation sites (N-methyl/N-ethyl adjacent to an activating group) is 1. The summed E-state index contributed by atoms with van der Waals surface area (Å²) in [5.41, 5.74) is 1.84. The van der Waals surface area contributed by atoms with E-state index in [1.165, 1.54) is 0 Å². The molecule has 0 saturated carbocycles. The fraction of sp³-hybridized carbons (Fsp3) is 0.692. The molecule has 1 saturated heterocycles. The minimum absolute atomic E-state index is 0.0509. The summed E-state index contributed by atoms with van der Waals surface area (Å²) in [5.74, 6) is 0. The van der Waals surface area contributed by atoms with E-state index in [1.54, 1.807) is 10.7 Å². The predicted molar refractivity (Wildman–Crippen MR) is 72.5 cm³/mol. The van der Waals surface area contributed by atoms with Crippen molar-refractivity contribution in [3.8, 4) is 0 Å². The van der Waals surface area contributed by atoms with Gasteiger partial charge >= 0.3 is 0 Å². The van der Waals surface area contributed by atoms with Crippen LogP contribution < -0.4 is 10.9 Å². The molecule has 1 fully saturated rings. The number of rotatable bonds is 2. The number of nitrogens with one attached hydrogen (secondary N) is 1. The van der Waals surface area contributed by atoms with Crippen molar-refractivity contribution in [3.05, 3.63) is 22.1 Å². The van der Waals surface area contributed by atoms with Crippen LogP contribution in [-0.4, -0.2) is 54.1 Å². The number of fused-ring (bicyclic) bond motifs is 1. The van der Waals surface area contributed by atoms with E-state index in [0.29, 0.717) is 6.54 Å². The van der Waals surface area contributed by atoms with Gasteiger partial charge in [0.05, 0.1) is 30.6 Å². The third-order valence-corrected chi connectivity index (χ3v) is 3.70. The molecule has 1 aromatic rings. The molecule has 3 heterocycles. The highest BCUT2D eigenvalue weighted by molar-refractivity contribution is 5.48. The standard InChI is InChI=1S/C13H20N4O2/c1-16-5-6-19-10(8-16)9-17-13(18)7-12-11(15-17)3-2-4-14-12/h7,10,14H,2-6,8-9H2,1H3. The highest BCUT2D eigenvalue weighted by Gasteiger charge is 2.20. The third kappa shape index (κ3) is 2.79. The summed E-state index contributed by atoms with van der Waals surface area (Å²) in [5, 5.41) is 7.70. The van der Waals surface area contributed by atoms with Crippen LogP contribution in [0.1, 0.15) is 12.1 Å². The monoisotopic (exact) mass is 264 g/mol. The van der Waals surface area contributed by atoms with Crippen LogP contribution in [0.4, 0.5) is 5.69 Å². The van der Waals surface area contributed by atoms with Crippen molar-refractivity contribution in [1.29, 1.82) is 0 Å². The van der Waals surface area contributed by atoms with E-state index in [0.717, 1.165) is 50.5 Å². The first-order valence-corrected chi connectivity index (χ1v) is 6.87.